The monoisotopic (exact) mass is 342 g/mol. The summed E-state index contributed by atoms with van der Waals surface area (Å²) < 4.78 is 5.26. The maximum atomic E-state index is 13.1. The Labute approximate surface area is 144 Å². The van der Waals surface area contributed by atoms with Crippen molar-refractivity contribution in [2.75, 3.05) is 13.1 Å². The molecule has 1 aliphatic heterocycles. The van der Waals surface area contributed by atoms with Gasteiger partial charge in [-0.25, -0.2) is 0 Å². The van der Waals surface area contributed by atoms with Gasteiger partial charge in [0, 0.05) is 18.7 Å². The van der Waals surface area contributed by atoms with Crippen LogP contribution in [0.15, 0.2) is 41.0 Å². The van der Waals surface area contributed by atoms with Gasteiger partial charge in [-0.2, -0.15) is 0 Å². The van der Waals surface area contributed by atoms with Gasteiger partial charge >= 0.3 is 5.97 Å². The lowest BCUT2D eigenvalue weighted by Crippen LogP contribution is -2.52. The van der Waals surface area contributed by atoms with Crippen molar-refractivity contribution in [2.24, 2.45) is 0 Å². The van der Waals surface area contributed by atoms with E-state index in [1.165, 1.54) is 11.2 Å². The number of rotatable bonds is 4. The first-order valence-corrected chi connectivity index (χ1v) is 7.91. The van der Waals surface area contributed by atoms with Crippen molar-refractivity contribution in [3.05, 3.63) is 59.0 Å². The van der Waals surface area contributed by atoms with Crippen LogP contribution in [0.25, 0.3) is 0 Å². The molecule has 1 unspecified atom stereocenters. The van der Waals surface area contributed by atoms with E-state index in [4.69, 9.17) is 9.52 Å². The summed E-state index contributed by atoms with van der Waals surface area (Å²) in [4.78, 5) is 38.0. The topological polar surface area (TPSA) is 99.8 Å². The van der Waals surface area contributed by atoms with Crippen molar-refractivity contribution in [3.8, 4) is 0 Å². The molecule has 1 aromatic carbocycles. The van der Waals surface area contributed by atoms with E-state index in [1.807, 2.05) is 6.07 Å². The molecule has 1 aromatic heterocycles. The lowest BCUT2D eigenvalue weighted by molar-refractivity contribution is -0.136. The summed E-state index contributed by atoms with van der Waals surface area (Å²) in [6, 6.07) is 8.26. The summed E-state index contributed by atoms with van der Waals surface area (Å²) in [5.74, 6) is -1.63. The number of furan rings is 1. The number of benzene rings is 1. The van der Waals surface area contributed by atoms with Crippen molar-refractivity contribution >= 4 is 17.8 Å². The number of carboxylic acids is 1. The summed E-state index contributed by atoms with van der Waals surface area (Å²) in [5.41, 5.74) is 1.48. The smallest absolute Gasteiger partial charge is 0.311 e. The highest BCUT2D eigenvalue weighted by molar-refractivity contribution is 6.00. The van der Waals surface area contributed by atoms with E-state index < -0.39 is 17.9 Å². The first-order valence-electron chi connectivity index (χ1n) is 7.91. The molecule has 1 aliphatic rings. The molecule has 3 rings (SSSR count). The SMILES string of the molecule is Cc1coc(CC(=O)O)c1C(=O)N1CCNC(=O)C1c1ccccc1. The third kappa shape index (κ3) is 3.26. The molecule has 0 aliphatic carbocycles. The number of hydrogen-bond donors (Lipinski definition) is 2. The van der Waals surface area contributed by atoms with Crippen LogP contribution in [0.3, 0.4) is 0 Å². The number of aryl methyl sites for hydroxylation is 1. The summed E-state index contributed by atoms with van der Waals surface area (Å²) in [6.45, 7) is 2.37. The maximum absolute atomic E-state index is 13.1. The summed E-state index contributed by atoms with van der Waals surface area (Å²) in [7, 11) is 0. The normalized spacial score (nSPS) is 17.2. The van der Waals surface area contributed by atoms with Crippen molar-refractivity contribution < 1.29 is 23.9 Å². The van der Waals surface area contributed by atoms with Crippen molar-refractivity contribution in [3.63, 3.8) is 0 Å². The largest absolute Gasteiger partial charge is 0.481 e. The van der Waals surface area contributed by atoms with E-state index >= 15 is 0 Å². The van der Waals surface area contributed by atoms with Crippen molar-refractivity contribution in [1.82, 2.24) is 10.2 Å². The summed E-state index contributed by atoms with van der Waals surface area (Å²) in [5, 5.41) is 11.8. The molecule has 0 spiro atoms. The number of piperazine rings is 1. The van der Waals surface area contributed by atoms with E-state index in [9.17, 15) is 14.4 Å². The third-order valence-electron chi connectivity index (χ3n) is 4.16. The third-order valence-corrected chi connectivity index (χ3v) is 4.16. The molecule has 7 nitrogen and oxygen atoms in total. The highest BCUT2D eigenvalue weighted by Crippen LogP contribution is 2.28. The molecule has 1 saturated heterocycles. The Bertz CT molecular complexity index is 812. The van der Waals surface area contributed by atoms with Crippen LogP contribution in [-0.2, 0) is 16.0 Å². The van der Waals surface area contributed by atoms with Gasteiger partial charge in [0.1, 0.15) is 18.2 Å². The Hall–Kier alpha value is -3.09. The fraction of sp³-hybridized carbons (Fsp3) is 0.278. The van der Waals surface area contributed by atoms with Crippen LogP contribution < -0.4 is 5.32 Å². The van der Waals surface area contributed by atoms with E-state index in [-0.39, 0.29) is 23.7 Å². The molecule has 130 valence electrons. The van der Waals surface area contributed by atoms with Crippen LogP contribution in [0.2, 0.25) is 0 Å². The van der Waals surface area contributed by atoms with Crippen LogP contribution in [0.1, 0.15) is 33.3 Å². The number of carbonyl (C=O) groups is 3. The number of nitrogens with one attached hydrogen (secondary N) is 1. The standard InChI is InChI=1S/C18H18N2O5/c1-11-10-25-13(9-14(21)22)15(11)18(24)20-8-7-19-17(23)16(20)12-5-3-2-4-6-12/h2-6,10,16H,7-9H2,1H3,(H,19,23)(H,21,22). The second kappa shape index (κ2) is 6.80. The van der Waals surface area contributed by atoms with Gasteiger partial charge < -0.3 is 19.7 Å². The fourth-order valence-electron chi connectivity index (χ4n) is 3.05. The quantitative estimate of drug-likeness (QED) is 0.878. The van der Waals surface area contributed by atoms with Crippen molar-refractivity contribution in [2.45, 2.75) is 19.4 Å². The highest BCUT2D eigenvalue weighted by Gasteiger charge is 2.36. The second-order valence-electron chi connectivity index (χ2n) is 5.89. The molecule has 7 heteroatoms. The van der Waals surface area contributed by atoms with Crippen LogP contribution >= 0.6 is 0 Å². The highest BCUT2D eigenvalue weighted by atomic mass is 16.4. The zero-order chi connectivity index (χ0) is 18.0. The number of amides is 2. The van der Waals surface area contributed by atoms with Gasteiger partial charge in [-0.3, -0.25) is 14.4 Å². The van der Waals surface area contributed by atoms with Crippen molar-refractivity contribution in [1.29, 1.82) is 0 Å². The molecule has 0 bridgehead atoms. The average molecular weight is 342 g/mol. The van der Waals surface area contributed by atoms with Gasteiger partial charge in [-0.1, -0.05) is 30.3 Å². The number of nitrogens with zero attached hydrogens (tertiary/aromatic N) is 1. The Balaban J connectivity index is 1.99. The van der Waals surface area contributed by atoms with Gasteiger partial charge in [-0.15, -0.1) is 0 Å². The minimum atomic E-state index is -1.08. The summed E-state index contributed by atoms with van der Waals surface area (Å²) >= 11 is 0. The predicted octanol–water partition coefficient (Wildman–Crippen LogP) is 1.53. The molecule has 25 heavy (non-hydrogen) atoms. The zero-order valence-corrected chi connectivity index (χ0v) is 13.7. The molecule has 1 fully saturated rings. The van der Waals surface area contributed by atoms with E-state index in [0.29, 0.717) is 24.2 Å². The van der Waals surface area contributed by atoms with E-state index in [0.717, 1.165) is 0 Å². The summed E-state index contributed by atoms with van der Waals surface area (Å²) in [6.07, 6.45) is 0.984. The first-order chi connectivity index (χ1) is 12.0. The predicted molar refractivity (Wildman–Crippen MR) is 88.0 cm³/mol. The van der Waals surface area contributed by atoms with E-state index in [1.54, 1.807) is 31.2 Å². The minimum absolute atomic E-state index is 0.104. The van der Waals surface area contributed by atoms with E-state index in [2.05, 4.69) is 5.32 Å². The van der Waals surface area contributed by atoms with Crippen LogP contribution in [0.5, 0.6) is 0 Å². The lowest BCUT2D eigenvalue weighted by atomic mass is 10.00. The Morgan fingerprint density at radius 1 is 1.32 bits per heavy atom. The molecular weight excluding hydrogens is 324 g/mol. The minimum Gasteiger partial charge on any atom is -0.481 e. The number of aliphatic carboxylic acids is 1. The van der Waals surface area contributed by atoms with Gasteiger partial charge in [0.05, 0.1) is 11.8 Å². The number of carbonyl (C=O) groups excluding carboxylic acids is 2. The lowest BCUT2D eigenvalue weighted by Gasteiger charge is -2.35. The molecule has 2 aromatic rings. The average Bonchev–Trinajstić information content (AvgIpc) is 2.94. The van der Waals surface area contributed by atoms with Gasteiger partial charge in [-0.05, 0) is 12.5 Å². The number of carboxylic acid groups (broad SMARTS) is 1. The van der Waals surface area contributed by atoms with Crippen LogP contribution in [-0.4, -0.2) is 40.9 Å². The molecule has 1 atom stereocenters. The zero-order valence-electron chi connectivity index (χ0n) is 13.7. The molecular formula is C18H18N2O5. The Morgan fingerprint density at radius 3 is 2.72 bits per heavy atom. The Morgan fingerprint density at radius 2 is 2.04 bits per heavy atom. The molecule has 2 N–H and O–H groups in total. The van der Waals surface area contributed by atoms with Gasteiger partial charge in [0.15, 0.2) is 0 Å². The van der Waals surface area contributed by atoms with Gasteiger partial charge in [0.2, 0.25) is 5.91 Å². The van der Waals surface area contributed by atoms with Crippen LogP contribution in [0, 0.1) is 6.92 Å². The molecule has 0 radical (unpaired) electrons. The van der Waals surface area contributed by atoms with Gasteiger partial charge in [0.25, 0.3) is 5.91 Å². The second-order valence-corrected chi connectivity index (χ2v) is 5.89. The first kappa shape index (κ1) is 16.8. The fourth-order valence-corrected chi connectivity index (χ4v) is 3.05. The Kier molecular flexibility index (Phi) is 4.56. The molecule has 2 amide bonds. The molecule has 2 heterocycles. The molecule has 0 saturated carbocycles. The van der Waals surface area contributed by atoms with Crippen LogP contribution in [0.4, 0.5) is 0 Å². The maximum Gasteiger partial charge on any atom is 0.311 e. The number of hydrogen-bond acceptors (Lipinski definition) is 4.